The monoisotopic (exact) mass is 396 g/mol. The van der Waals surface area contributed by atoms with E-state index in [1.807, 2.05) is 0 Å². The standard InChI is InChI=1S/C15H20ClFN2.C2HF3O2/c1-2-4-11(14(18)9-19-10-7-8-10)12-5-3-6-13(16)15(12)17;3-2(4,5)1(6)7/h2-3,5-6,10-11,14,19H,1,4,7-9,18H2;(H,6,7). The molecule has 2 rings (SSSR count). The van der Waals surface area contributed by atoms with Gasteiger partial charge in [0.2, 0.25) is 0 Å². The molecule has 1 aliphatic rings. The van der Waals surface area contributed by atoms with Gasteiger partial charge in [0, 0.05) is 24.5 Å². The largest absolute Gasteiger partial charge is 0.490 e. The van der Waals surface area contributed by atoms with Gasteiger partial charge in [-0.15, -0.1) is 6.58 Å². The van der Waals surface area contributed by atoms with Gasteiger partial charge in [-0.3, -0.25) is 0 Å². The van der Waals surface area contributed by atoms with Crippen LogP contribution in [0.1, 0.15) is 30.7 Å². The molecule has 1 aliphatic carbocycles. The third-order valence-electron chi connectivity index (χ3n) is 3.78. The summed E-state index contributed by atoms with van der Waals surface area (Å²) in [5.41, 5.74) is 6.79. The van der Waals surface area contributed by atoms with Gasteiger partial charge in [-0.1, -0.05) is 29.8 Å². The minimum Gasteiger partial charge on any atom is -0.475 e. The predicted octanol–water partition coefficient (Wildman–Crippen LogP) is 3.85. The van der Waals surface area contributed by atoms with E-state index in [4.69, 9.17) is 27.2 Å². The molecule has 0 spiro atoms. The van der Waals surface area contributed by atoms with Crippen molar-refractivity contribution in [3.8, 4) is 0 Å². The molecule has 0 amide bonds. The molecule has 2 unspecified atom stereocenters. The highest BCUT2D eigenvalue weighted by atomic mass is 35.5. The molecule has 4 N–H and O–H groups in total. The van der Waals surface area contributed by atoms with Crippen LogP contribution in [-0.4, -0.2) is 35.9 Å². The van der Waals surface area contributed by atoms with Crippen molar-refractivity contribution in [2.45, 2.75) is 43.4 Å². The summed E-state index contributed by atoms with van der Waals surface area (Å²) in [6.07, 6.45) is -0.235. The van der Waals surface area contributed by atoms with Gasteiger partial charge in [-0.25, -0.2) is 9.18 Å². The van der Waals surface area contributed by atoms with Crippen LogP contribution in [0.5, 0.6) is 0 Å². The summed E-state index contributed by atoms with van der Waals surface area (Å²) in [6.45, 7) is 4.43. The van der Waals surface area contributed by atoms with Crippen LogP contribution in [0.2, 0.25) is 5.02 Å². The number of halogens is 5. The van der Waals surface area contributed by atoms with Crippen LogP contribution < -0.4 is 11.1 Å². The van der Waals surface area contributed by atoms with Crippen LogP contribution in [-0.2, 0) is 4.79 Å². The first-order chi connectivity index (χ1) is 12.1. The summed E-state index contributed by atoms with van der Waals surface area (Å²) in [7, 11) is 0. The number of nitrogens with two attached hydrogens (primary N) is 1. The number of rotatable bonds is 7. The van der Waals surface area contributed by atoms with Crippen LogP contribution in [0.25, 0.3) is 0 Å². The zero-order valence-corrected chi connectivity index (χ0v) is 14.7. The van der Waals surface area contributed by atoms with Gasteiger partial charge < -0.3 is 16.2 Å². The molecular formula is C17H21ClF4N2O2. The van der Waals surface area contributed by atoms with Crippen LogP contribution >= 0.6 is 11.6 Å². The molecule has 0 aliphatic heterocycles. The van der Waals surface area contributed by atoms with Gasteiger partial charge in [0.1, 0.15) is 5.82 Å². The molecule has 2 atom stereocenters. The molecule has 0 heterocycles. The van der Waals surface area contributed by atoms with E-state index in [1.165, 1.54) is 12.8 Å². The van der Waals surface area contributed by atoms with E-state index in [1.54, 1.807) is 24.3 Å². The number of aliphatic carboxylic acids is 1. The lowest BCUT2D eigenvalue weighted by molar-refractivity contribution is -0.192. The van der Waals surface area contributed by atoms with Crippen molar-refractivity contribution in [3.05, 3.63) is 47.3 Å². The van der Waals surface area contributed by atoms with Crippen LogP contribution in [0.3, 0.4) is 0 Å². The van der Waals surface area contributed by atoms with Crippen LogP contribution in [0.4, 0.5) is 17.6 Å². The summed E-state index contributed by atoms with van der Waals surface area (Å²) in [4.78, 5) is 8.90. The third-order valence-corrected chi connectivity index (χ3v) is 4.07. The lowest BCUT2D eigenvalue weighted by Crippen LogP contribution is -2.39. The second kappa shape index (κ2) is 9.89. The van der Waals surface area contributed by atoms with Crippen molar-refractivity contribution in [3.63, 3.8) is 0 Å². The number of hydrogen-bond acceptors (Lipinski definition) is 3. The number of carboxylic acids is 1. The van der Waals surface area contributed by atoms with E-state index < -0.39 is 12.1 Å². The van der Waals surface area contributed by atoms with Crippen molar-refractivity contribution in [2.75, 3.05) is 6.54 Å². The van der Waals surface area contributed by atoms with E-state index in [-0.39, 0.29) is 22.8 Å². The number of benzene rings is 1. The summed E-state index contributed by atoms with van der Waals surface area (Å²) >= 11 is 5.84. The highest BCUT2D eigenvalue weighted by molar-refractivity contribution is 6.30. The lowest BCUT2D eigenvalue weighted by atomic mass is 9.88. The van der Waals surface area contributed by atoms with Gasteiger partial charge in [0.25, 0.3) is 0 Å². The van der Waals surface area contributed by atoms with Gasteiger partial charge in [0.15, 0.2) is 0 Å². The zero-order valence-electron chi connectivity index (χ0n) is 13.9. The molecule has 4 nitrogen and oxygen atoms in total. The fraction of sp³-hybridized carbons (Fsp3) is 0.471. The molecular weight excluding hydrogens is 376 g/mol. The molecule has 1 aromatic rings. The summed E-state index contributed by atoms with van der Waals surface area (Å²) < 4.78 is 45.8. The molecule has 26 heavy (non-hydrogen) atoms. The Bertz CT molecular complexity index is 621. The van der Waals surface area contributed by atoms with Gasteiger partial charge in [-0.05, 0) is 30.9 Å². The summed E-state index contributed by atoms with van der Waals surface area (Å²) in [5.74, 6) is -3.21. The molecule has 1 saturated carbocycles. The maximum absolute atomic E-state index is 14.1. The topological polar surface area (TPSA) is 75.3 Å². The summed E-state index contributed by atoms with van der Waals surface area (Å²) in [5, 5.41) is 10.7. The Morgan fingerprint density at radius 2 is 2.04 bits per heavy atom. The van der Waals surface area contributed by atoms with Crippen molar-refractivity contribution >= 4 is 17.6 Å². The van der Waals surface area contributed by atoms with Crippen molar-refractivity contribution in [1.82, 2.24) is 5.32 Å². The van der Waals surface area contributed by atoms with Gasteiger partial charge in [0.05, 0.1) is 5.02 Å². The number of nitrogens with one attached hydrogen (secondary N) is 1. The minimum atomic E-state index is -5.08. The highest BCUT2D eigenvalue weighted by Crippen LogP contribution is 2.29. The van der Waals surface area contributed by atoms with Crippen molar-refractivity contribution < 1.29 is 27.5 Å². The second-order valence-corrected chi connectivity index (χ2v) is 6.33. The maximum atomic E-state index is 14.1. The average Bonchev–Trinajstić information content (AvgIpc) is 3.37. The molecule has 9 heteroatoms. The molecule has 146 valence electrons. The van der Waals surface area contributed by atoms with Gasteiger partial charge in [-0.2, -0.15) is 13.2 Å². The Morgan fingerprint density at radius 3 is 2.50 bits per heavy atom. The number of carboxylic acid groups (broad SMARTS) is 1. The number of alkyl halides is 3. The summed E-state index contributed by atoms with van der Waals surface area (Å²) in [6, 6.07) is 5.52. The molecule has 1 aromatic carbocycles. The zero-order chi connectivity index (χ0) is 19.9. The number of hydrogen-bond donors (Lipinski definition) is 3. The first-order valence-electron chi connectivity index (χ1n) is 7.91. The first-order valence-corrected chi connectivity index (χ1v) is 8.29. The van der Waals surface area contributed by atoms with E-state index in [0.717, 1.165) is 0 Å². The fourth-order valence-corrected chi connectivity index (χ4v) is 2.43. The number of carbonyl (C=O) groups is 1. The average molecular weight is 397 g/mol. The lowest BCUT2D eigenvalue weighted by Gasteiger charge is -2.24. The second-order valence-electron chi connectivity index (χ2n) is 5.92. The van der Waals surface area contributed by atoms with E-state index >= 15 is 0 Å². The Balaban J connectivity index is 0.000000412. The van der Waals surface area contributed by atoms with Crippen LogP contribution in [0, 0.1) is 5.82 Å². The Labute approximate surface area is 154 Å². The van der Waals surface area contributed by atoms with E-state index in [9.17, 15) is 17.6 Å². The molecule has 0 radical (unpaired) electrons. The Hall–Kier alpha value is -1.64. The maximum Gasteiger partial charge on any atom is 0.490 e. The van der Waals surface area contributed by atoms with E-state index in [2.05, 4.69) is 11.9 Å². The number of allylic oxidation sites excluding steroid dienone is 1. The molecule has 0 saturated heterocycles. The molecule has 1 fully saturated rings. The predicted molar refractivity (Wildman–Crippen MR) is 91.7 cm³/mol. The minimum absolute atomic E-state index is 0.0950. The smallest absolute Gasteiger partial charge is 0.475 e. The Kier molecular flexibility index (Phi) is 8.52. The Morgan fingerprint density at radius 1 is 1.46 bits per heavy atom. The van der Waals surface area contributed by atoms with Crippen molar-refractivity contribution in [2.24, 2.45) is 5.73 Å². The molecule has 0 aromatic heterocycles. The third kappa shape index (κ3) is 7.31. The molecule has 0 bridgehead atoms. The van der Waals surface area contributed by atoms with E-state index in [0.29, 0.717) is 24.6 Å². The fourth-order valence-electron chi connectivity index (χ4n) is 2.25. The SMILES string of the molecule is C=CCC(c1cccc(Cl)c1F)C(N)CNC1CC1.O=C(O)C(F)(F)F. The van der Waals surface area contributed by atoms with Gasteiger partial charge >= 0.3 is 12.1 Å². The normalized spacial score (nSPS) is 16.2. The quantitative estimate of drug-likeness (QED) is 0.483. The highest BCUT2D eigenvalue weighted by Gasteiger charge is 2.38. The van der Waals surface area contributed by atoms with Crippen molar-refractivity contribution in [1.29, 1.82) is 0 Å². The first kappa shape index (κ1) is 22.4. The van der Waals surface area contributed by atoms with Crippen LogP contribution in [0.15, 0.2) is 30.9 Å².